The van der Waals surface area contributed by atoms with Crippen LogP contribution < -0.4 is 11.1 Å². The van der Waals surface area contributed by atoms with Gasteiger partial charge in [0.1, 0.15) is 11.6 Å². The predicted molar refractivity (Wildman–Crippen MR) is 63.2 cm³/mol. The van der Waals surface area contributed by atoms with E-state index in [1.807, 2.05) is 0 Å². The van der Waals surface area contributed by atoms with Crippen LogP contribution in [-0.2, 0) is 6.54 Å². The summed E-state index contributed by atoms with van der Waals surface area (Å²) in [6.07, 6.45) is 4.40. The van der Waals surface area contributed by atoms with Crippen molar-refractivity contribution in [3.63, 3.8) is 0 Å². The fraction of sp³-hybridized carbons (Fsp3) is 0.182. The molecule has 2 heterocycles. The SMILES string of the molecule is Nc1ncc(F)cc1C(=O)NCCn1cccn1. The zero-order chi connectivity index (χ0) is 13.0. The number of nitrogens with two attached hydrogens (primary N) is 1. The van der Waals surface area contributed by atoms with Crippen LogP contribution >= 0.6 is 0 Å². The van der Waals surface area contributed by atoms with Crippen LogP contribution in [0.2, 0.25) is 0 Å². The summed E-state index contributed by atoms with van der Waals surface area (Å²) < 4.78 is 14.6. The first-order valence-electron chi connectivity index (χ1n) is 5.33. The first-order valence-corrected chi connectivity index (χ1v) is 5.33. The summed E-state index contributed by atoms with van der Waals surface area (Å²) >= 11 is 0. The van der Waals surface area contributed by atoms with Crippen molar-refractivity contribution in [2.24, 2.45) is 0 Å². The summed E-state index contributed by atoms with van der Waals surface area (Å²) in [5, 5.41) is 6.60. The average molecular weight is 249 g/mol. The van der Waals surface area contributed by atoms with Crippen molar-refractivity contribution in [3.05, 3.63) is 42.1 Å². The zero-order valence-corrected chi connectivity index (χ0v) is 9.51. The Morgan fingerprint density at radius 2 is 2.39 bits per heavy atom. The smallest absolute Gasteiger partial charge is 0.255 e. The molecule has 0 fully saturated rings. The van der Waals surface area contributed by atoms with Crippen molar-refractivity contribution in [2.45, 2.75) is 6.54 Å². The van der Waals surface area contributed by atoms with Gasteiger partial charge in [0.25, 0.3) is 5.91 Å². The molecule has 0 saturated carbocycles. The van der Waals surface area contributed by atoms with Gasteiger partial charge in [-0.1, -0.05) is 0 Å². The molecule has 0 aliphatic heterocycles. The monoisotopic (exact) mass is 249 g/mol. The van der Waals surface area contributed by atoms with Gasteiger partial charge in [0, 0.05) is 18.9 Å². The van der Waals surface area contributed by atoms with E-state index < -0.39 is 11.7 Å². The normalized spacial score (nSPS) is 10.3. The van der Waals surface area contributed by atoms with E-state index in [-0.39, 0.29) is 11.4 Å². The lowest BCUT2D eigenvalue weighted by Gasteiger charge is -2.07. The lowest BCUT2D eigenvalue weighted by molar-refractivity contribution is 0.0952. The second kappa shape index (κ2) is 5.26. The number of halogens is 1. The molecule has 0 bridgehead atoms. The molecule has 0 spiro atoms. The highest BCUT2D eigenvalue weighted by molar-refractivity contribution is 5.98. The van der Waals surface area contributed by atoms with Crippen molar-refractivity contribution in [1.29, 1.82) is 0 Å². The zero-order valence-electron chi connectivity index (χ0n) is 9.51. The first kappa shape index (κ1) is 12.0. The minimum atomic E-state index is -0.596. The number of nitrogen functional groups attached to an aromatic ring is 1. The van der Waals surface area contributed by atoms with Crippen LogP contribution in [0.25, 0.3) is 0 Å². The molecule has 2 aromatic rings. The average Bonchev–Trinajstić information content (AvgIpc) is 2.85. The van der Waals surface area contributed by atoms with E-state index in [1.54, 1.807) is 23.1 Å². The Kier molecular flexibility index (Phi) is 3.52. The van der Waals surface area contributed by atoms with Crippen LogP contribution in [0.15, 0.2) is 30.7 Å². The predicted octanol–water partition coefficient (Wildman–Crippen LogP) is 0.429. The topological polar surface area (TPSA) is 85.8 Å². The highest BCUT2D eigenvalue weighted by Gasteiger charge is 2.11. The van der Waals surface area contributed by atoms with E-state index in [4.69, 9.17) is 5.73 Å². The molecule has 2 rings (SSSR count). The minimum Gasteiger partial charge on any atom is -0.383 e. The summed E-state index contributed by atoms with van der Waals surface area (Å²) in [4.78, 5) is 15.3. The molecule has 1 amide bonds. The van der Waals surface area contributed by atoms with E-state index in [0.717, 1.165) is 12.3 Å². The number of nitrogens with zero attached hydrogens (tertiary/aromatic N) is 3. The van der Waals surface area contributed by atoms with Gasteiger partial charge in [-0.05, 0) is 12.1 Å². The minimum absolute atomic E-state index is 0.00740. The number of anilines is 1. The Morgan fingerprint density at radius 1 is 1.56 bits per heavy atom. The number of rotatable bonds is 4. The second-order valence-corrected chi connectivity index (χ2v) is 3.61. The van der Waals surface area contributed by atoms with Crippen LogP contribution in [0.1, 0.15) is 10.4 Å². The number of amides is 1. The Balaban J connectivity index is 1.93. The number of pyridine rings is 1. The molecule has 0 aliphatic rings. The summed E-state index contributed by atoms with van der Waals surface area (Å²) in [6, 6.07) is 2.85. The summed E-state index contributed by atoms with van der Waals surface area (Å²) in [7, 11) is 0. The lowest BCUT2D eigenvalue weighted by atomic mass is 10.2. The Morgan fingerprint density at radius 3 is 3.11 bits per heavy atom. The maximum absolute atomic E-state index is 12.9. The lowest BCUT2D eigenvalue weighted by Crippen LogP contribution is -2.28. The first-order chi connectivity index (χ1) is 8.66. The van der Waals surface area contributed by atoms with Gasteiger partial charge in [0.2, 0.25) is 0 Å². The van der Waals surface area contributed by atoms with Gasteiger partial charge in [-0.25, -0.2) is 9.37 Å². The molecular weight excluding hydrogens is 237 g/mol. The fourth-order valence-electron chi connectivity index (χ4n) is 1.44. The van der Waals surface area contributed by atoms with Gasteiger partial charge in [-0.3, -0.25) is 9.48 Å². The fourth-order valence-corrected chi connectivity index (χ4v) is 1.44. The van der Waals surface area contributed by atoms with E-state index in [0.29, 0.717) is 13.1 Å². The molecule has 6 nitrogen and oxygen atoms in total. The van der Waals surface area contributed by atoms with Crippen LogP contribution in [-0.4, -0.2) is 27.2 Å². The highest BCUT2D eigenvalue weighted by Crippen LogP contribution is 2.09. The van der Waals surface area contributed by atoms with Gasteiger partial charge in [-0.15, -0.1) is 0 Å². The summed E-state index contributed by atoms with van der Waals surface area (Å²) in [5.41, 5.74) is 5.54. The van der Waals surface area contributed by atoms with Gasteiger partial charge in [0.15, 0.2) is 0 Å². The van der Waals surface area contributed by atoms with Crippen molar-refractivity contribution in [1.82, 2.24) is 20.1 Å². The molecule has 2 aromatic heterocycles. The summed E-state index contributed by atoms with van der Waals surface area (Å²) in [6.45, 7) is 0.901. The molecule has 7 heteroatoms. The van der Waals surface area contributed by atoms with Gasteiger partial charge in [0.05, 0.1) is 18.3 Å². The largest absolute Gasteiger partial charge is 0.383 e. The third kappa shape index (κ3) is 2.82. The molecule has 94 valence electrons. The molecular formula is C11H12FN5O. The van der Waals surface area contributed by atoms with Crippen molar-refractivity contribution >= 4 is 11.7 Å². The van der Waals surface area contributed by atoms with Crippen LogP contribution in [0, 0.1) is 5.82 Å². The number of aromatic nitrogens is 3. The molecule has 0 atom stereocenters. The van der Waals surface area contributed by atoms with Crippen molar-refractivity contribution in [2.75, 3.05) is 12.3 Å². The third-order valence-electron chi connectivity index (χ3n) is 2.32. The van der Waals surface area contributed by atoms with Crippen LogP contribution in [0.4, 0.5) is 10.2 Å². The molecule has 0 radical (unpaired) electrons. The van der Waals surface area contributed by atoms with E-state index in [9.17, 15) is 9.18 Å². The third-order valence-corrected chi connectivity index (χ3v) is 2.32. The van der Waals surface area contributed by atoms with E-state index in [2.05, 4.69) is 15.4 Å². The molecule has 0 saturated heterocycles. The number of hydrogen-bond donors (Lipinski definition) is 2. The Hall–Kier alpha value is -2.44. The maximum atomic E-state index is 12.9. The van der Waals surface area contributed by atoms with Gasteiger partial charge >= 0.3 is 0 Å². The second-order valence-electron chi connectivity index (χ2n) is 3.61. The van der Waals surface area contributed by atoms with Crippen molar-refractivity contribution < 1.29 is 9.18 Å². The summed E-state index contributed by atoms with van der Waals surface area (Å²) in [5.74, 6) is -1.04. The Bertz CT molecular complexity index is 540. The standard InChI is InChI=1S/C11H12FN5O/c12-8-6-9(10(13)15-7-8)11(18)14-3-5-17-4-1-2-16-17/h1-2,4,6-7H,3,5H2,(H2,13,15)(H,14,18). The van der Waals surface area contributed by atoms with E-state index >= 15 is 0 Å². The maximum Gasteiger partial charge on any atom is 0.255 e. The van der Waals surface area contributed by atoms with Crippen molar-refractivity contribution in [3.8, 4) is 0 Å². The number of hydrogen-bond acceptors (Lipinski definition) is 4. The van der Waals surface area contributed by atoms with Gasteiger partial charge < -0.3 is 11.1 Å². The molecule has 3 N–H and O–H groups in total. The Labute approximate surface area is 103 Å². The highest BCUT2D eigenvalue weighted by atomic mass is 19.1. The molecule has 0 unspecified atom stereocenters. The van der Waals surface area contributed by atoms with Crippen LogP contribution in [0.5, 0.6) is 0 Å². The quantitative estimate of drug-likeness (QED) is 0.822. The number of carbonyl (C=O) groups excluding carboxylic acids is 1. The van der Waals surface area contributed by atoms with E-state index in [1.165, 1.54) is 0 Å². The van der Waals surface area contributed by atoms with Gasteiger partial charge in [-0.2, -0.15) is 5.10 Å². The molecule has 0 aromatic carbocycles. The number of nitrogens with one attached hydrogen (secondary N) is 1. The number of carbonyl (C=O) groups is 1. The van der Waals surface area contributed by atoms with Crippen LogP contribution in [0.3, 0.4) is 0 Å². The molecule has 18 heavy (non-hydrogen) atoms. The molecule has 0 aliphatic carbocycles.